The standard InChI is InChI=1S/C12H25N5/c1-4-7-17-12(14-9-15-17)8-11(16-13)10(5-2)6-3/h9-11,16H,4-8,13H2,1-3H3. The summed E-state index contributed by atoms with van der Waals surface area (Å²) in [5, 5.41) is 4.24. The molecule has 0 radical (unpaired) electrons. The second-order valence-corrected chi connectivity index (χ2v) is 4.45. The van der Waals surface area contributed by atoms with Gasteiger partial charge in [-0.25, -0.2) is 4.98 Å². The summed E-state index contributed by atoms with van der Waals surface area (Å²) in [4.78, 5) is 4.33. The zero-order chi connectivity index (χ0) is 12.7. The van der Waals surface area contributed by atoms with Gasteiger partial charge in [-0.1, -0.05) is 33.6 Å². The van der Waals surface area contributed by atoms with Crippen LogP contribution >= 0.6 is 0 Å². The van der Waals surface area contributed by atoms with Gasteiger partial charge < -0.3 is 0 Å². The highest BCUT2D eigenvalue weighted by Gasteiger charge is 2.19. The Morgan fingerprint density at radius 3 is 2.59 bits per heavy atom. The van der Waals surface area contributed by atoms with Crippen LogP contribution in [0.3, 0.4) is 0 Å². The maximum absolute atomic E-state index is 5.66. The molecule has 98 valence electrons. The quantitative estimate of drug-likeness (QED) is 0.533. The van der Waals surface area contributed by atoms with Crippen LogP contribution in [-0.2, 0) is 13.0 Å². The fourth-order valence-corrected chi connectivity index (χ4v) is 2.26. The Morgan fingerprint density at radius 1 is 1.35 bits per heavy atom. The molecule has 0 aliphatic heterocycles. The summed E-state index contributed by atoms with van der Waals surface area (Å²) in [6.45, 7) is 7.48. The summed E-state index contributed by atoms with van der Waals surface area (Å²) in [7, 11) is 0. The molecule has 1 atom stereocenters. The van der Waals surface area contributed by atoms with Crippen molar-refractivity contribution in [1.82, 2.24) is 20.2 Å². The Labute approximate surface area is 104 Å². The minimum absolute atomic E-state index is 0.282. The fraction of sp³-hybridized carbons (Fsp3) is 0.833. The smallest absolute Gasteiger partial charge is 0.138 e. The number of hydrogen-bond donors (Lipinski definition) is 2. The van der Waals surface area contributed by atoms with Gasteiger partial charge >= 0.3 is 0 Å². The van der Waals surface area contributed by atoms with Crippen molar-refractivity contribution in [3.63, 3.8) is 0 Å². The van der Waals surface area contributed by atoms with E-state index in [2.05, 4.69) is 36.3 Å². The van der Waals surface area contributed by atoms with Gasteiger partial charge in [0.2, 0.25) is 0 Å². The van der Waals surface area contributed by atoms with E-state index in [-0.39, 0.29) is 6.04 Å². The van der Waals surface area contributed by atoms with Gasteiger partial charge in [0.15, 0.2) is 0 Å². The fourth-order valence-electron chi connectivity index (χ4n) is 2.26. The van der Waals surface area contributed by atoms with Crippen LogP contribution in [0.2, 0.25) is 0 Å². The Bertz CT molecular complexity index is 306. The van der Waals surface area contributed by atoms with Gasteiger partial charge in [-0.05, 0) is 12.3 Å². The van der Waals surface area contributed by atoms with Crippen LogP contribution in [0.5, 0.6) is 0 Å². The highest BCUT2D eigenvalue weighted by Crippen LogP contribution is 2.16. The lowest BCUT2D eigenvalue weighted by Crippen LogP contribution is -2.42. The van der Waals surface area contributed by atoms with Crippen molar-refractivity contribution in [3.05, 3.63) is 12.2 Å². The van der Waals surface area contributed by atoms with Gasteiger partial charge in [0, 0.05) is 19.0 Å². The van der Waals surface area contributed by atoms with Gasteiger partial charge in [-0.3, -0.25) is 16.0 Å². The van der Waals surface area contributed by atoms with Crippen LogP contribution in [0, 0.1) is 5.92 Å². The summed E-state index contributed by atoms with van der Waals surface area (Å²) in [6.07, 6.45) is 5.82. The molecule has 0 amide bonds. The number of nitrogens with one attached hydrogen (secondary N) is 1. The second kappa shape index (κ2) is 7.40. The number of hydrogen-bond acceptors (Lipinski definition) is 4. The van der Waals surface area contributed by atoms with Crippen molar-refractivity contribution < 1.29 is 0 Å². The molecule has 1 unspecified atom stereocenters. The summed E-state index contributed by atoms with van der Waals surface area (Å²) in [5.74, 6) is 7.28. The molecule has 0 saturated heterocycles. The van der Waals surface area contributed by atoms with Crippen LogP contribution in [0.4, 0.5) is 0 Å². The SMILES string of the molecule is CCCn1ncnc1CC(NN)C(CC)CC. The zero-order valence-corrected chi connectivity index (χ0v) is 11.2. The van der Waals surface area contributed by atoms with Crippen molar-refractivity contribution in [1.29, 1.82) is 0 Å². The molecule has 0 saturated carbocycles. The lowest BCUT2D eigenvalue weighted by atomic mass is 9.92. The lowest BCUT2D eigenvalue weighted by Gasteiger charge is -2.24. The first-order chi connectivity index (χ1) is 8.26. The second-order valence-electron chi connectivity index (χ2n) is 4.45. The third-order valence-electron chi connectivity index (χ3n) is 3.37. The molecule has 3 N–H and O–H groups in total. The van der Waals surface area contributed by atoms with Crippen molar-refractivity contribution >= 4 is 0 Å². The van der Waals surface area contributed by atoms with Crippen LogP contribution in [0.15, 0.2) is 6.33 Å². The normalized spacial score (nSPS) is 13.2. The van der Waals surface area contributed by atoms with Crippen LogP contribution in [0.1, 0.15) is 45.9 Å². The first-order valence-corrected chi connectivity index (χ1v) is 6.59. The molecule has 0 aliphatic rings. The first kappa shape index (κ1) is 14.1. The molecular weight excluding hydrogens is 214 g/mol. The van der Waals surface area contributed by atoms with Crippen molar-refractivity contribution in [2.45, 2.75) is 59.0 Å². The van der Waals surface area contributed by atoms with Crippen LogP contribution in [0.25, 0.3) is 0 Å². The van der Waals surface area contributed by atoms with E-state index in [1.807, 2.05) is 4.68 Å². The zero-order valence-electron chi connectivity index (χ0n) is 11.2. The number of aryl methyl sites for hydroxylation is 1. The van der Waals surface area contributed by atoms with E-state index in [0.717, 1.165) is 38.1 Å². The van der Waals surface area contributed by atoms with Gasteiger partial charge in [-0.15, -0.1) is 0 Å². The predicted molar refractivity (Wildman–Crippen MR) is 69.2 cm³/mol. The molecule has 1 aromatic rings. The van der Waals surface area contributed by atoms with E-state index in [4.69, 9.17) is 5.84 Å². The largest absolute Gasteiger partial charge is 0.271 e. The lowest BCUT2D eigenvalue weighted by molar-refractivity contribution is 0.327. The molecule has 1 heterocycles. The van der Waals surface area contributed by atoms with Crippen molar-refractivity contribution in [2.75, 3.05) is 0 Å². The highest BCUT2D eigenvalue weighted by atomic mass is 15.3. The number of nitrogens with zero attached hydrogens (tertiary/aromatic N) is 3. The summed E-state index contributed by atoms with van der Waals surface area (Å²) < 4.78 is 1.98. The number of nitrogens with two attached hydrogens (primary N) is 1. The molecule has 0 aliphatic carbocycles. The molecule has 5 heteroatoms. The third kappa shape index (κ3) is 3.78. The first-order valence-electron chi connectivity index (χ1n) is 6.59. The van der Waals surface area contributed by atoms with E-state index < -0.39 is 0 Å². The number of hydrazine groups is 1. The maximum atomic E-state index is 5.66. The maximum Gasteiger partial charge on any atom is 0.138 e. The number of aromatic nitrogens is 3. The molecule has 0 bridgehead atoms. The molecule has 5 nitrogen and oxygen atoms in total. The minimum Gasteiger partial charge on any atom is -0.271 e. The number of rotatable bonds is 8. The van der Waals surface area contributed by atoms with Gasteiger partial charge in [0.25, 0.3) is 0 Å². The average molecular weight is 239 g/mol. The predicted octanol–water partition coefficient (Wildman–Crippen LogP) is 1.50. The molecule has 1 aromatic heterocycles. The van der Waals surface area contributed by atoms with Crippen molar-refractivity contribution in [2.24, 2.45) is 11.8 Å². The van der Waals surface area contributed by atoms with E-state index >= 15 is 0 Å². The molecule has 1 rings (SSSR count). The minimum atomic E-state index is 0.282. The van der Waals surface area contributed by atoms with E-state index in [0.29, 0.717) is 5.92 Å². The molecule has 0 fully saturated rings. The summed E-state index contributed by atoms with van der Waals surface area (Å²) in [6, 6.07) is 0.282. The van der Waals surface area contributed by atoms with E-state index in [1.54, 1.807) is 6.33 Å². The molecule has 0 spiro atoms. The van der Waals surface area contributed by atoms with Crippen LogP contribution < -0.4 is 11.3 Å². The Hall–Kier alpha value is -0.940. The van der Waals surface area contributed by atoms with Gasteiger partial charge in [0.05, 0.1) is 0 Å². The molecule has 0 aromatic carbocycles. The van der Waals surface area contributed by atoms with Crippen molar-refractivity contribution in [3.8, 4) is 0 Å². The van der Waals surface area contributed by atoms with Crippen LogP contribution in [-0.4, -0.2) is 20.8 Å². The topological polar surface area (TPSA) is 68.8 Å². The average Bonchev–Trinajstić information content (AvgIpc) is 2.77. The Balaban J connectivity index is 2.69. The van der Waals surface area contributed by atoms with Gasteiger partial charge in [-0.2, -0.15) is 5.10 Å². The van der Waals surface area contributed by atoms with E-state index in [1.165, 1.54) is 0 Å². The van der Waals surface area contributed by atoms with Gasteiger partial charge in [0.1, 0.15) is 12.2 Å². The summed E-state index contributed by atoms with van der Waals surface area (Å²) in [5.41, 5.74) is 2.93. The Morgan fingerprint density at radius 2 is 2.06 bits per heavy atom. The molecule has 17 heavy (non-hydrogen) atoms. The summed E-state index contributed by atoms with van der Waals surface area (Å²) >= 11 is 0. The monoisotopic (exact) mass is 239 g/mol. The molecular formula is C12H25N5. The highest BCUT2D eigenvalue weighted by molar-refractivity contribution is 4.91. The third-order valence-corrected chi connectivity index (χ3v) is 3.37. The Kier molecular flexibility index (Phi) is 6.15. The van der Waals surface area contributed by atoms with E-state index in [9.17, 15) is 0 Å².